The molecule has 1 aromatic heterocycles. The molecule has 0 fully saturated rings. The summed E-state index contributed by atoms with van der Waals surface area (Å²) in [6, 6.07) is 13.3. The molecule has 1 heterocycles. The van der Waals surface area contributed by atoms with E-state index in [-0.39, 0.29) is 24.0 Å². The highest BCUT2D eigenvalue weighted by molar-refractivity contribution is 7.80. The number of aromatic nitrogens is 2. The van der Waals surface area contributed by atoms with Crippen LogP contribution in [0, 0.1) is 5.82 Å². The summed E-state index contributed by atoms with van der Waals surface area (Å²) in [6.45, 7) is 0.676. The molecule has 0 radical (unpaired) electrons. The number of rotatable bonds is 7. The Balaban J connectivity index is 1.40. The average molecular weight is 417 g/mol. The number of halogens is 1. The summed E-state index contributed by atoms with van der Waals surface area (Å²) in [4.78, 5) is 11.9. The van der Waals surface area contributed by atoms with Crippen molar-refractivity contribution in [1.82, 2.24) is 14.9 Å². The van der Waals surface area contributed by atoms with Crippen molar-refractivity contribution in [2.75, 3.05) is 23.8 Å². The Kier molecular flexibility index (Phi) is 6.82. The van der Waals surface area contributed by atoms with Gasteiger partial charge in [-0.1, -0.05) is 16.6 Å². The van der Waals surface area contributed by atoms with E-state index in [2.05, 4.69) is 25.5 Å². The molecule has 0 spiro atoms. The average Bonchev–Trinajstić information content (AvgIpc) is 3.23. The number of benzene rings is 2. The van der Waals surface area contributed by atoms with E-state index in [1.54, 1.807) is 47.8 Å². The Morgan fingerprint density at radius 3 is 2.50 bits per heavy atom. The molecule has 0 bridgehead atoms. The van der Waals surface area contributed by atoms with Gasteiger partial charge in [0.05, 0.1) is 6.54 Å². The summed E-state index contributed by atoms with van der Waals surface area (Å²) in [5, 5.41) is 14.4. The van der Waals surface area contributed by atoms with Crippen LogP contribution in [0.15, 0.2) is 53.9 Å². The smallest absolute Gasteiger partial charge is 0.277 e. The molecule has 0 aliphatic carbocycles. The van der Waals surface area contributed by atoms with Gasteiger partial charge < -0.3 is 20.7 Å². The van der Waals surface area contributed by atoms with Gasteiger partial charge in [-0.15, -0.1) is 5.10 Å². The van der Waals surface area contributed by atoms with E-state index in [9.17, 15) is 9.18 Å². The first-order valence-corrected chi connectivity index (χ1v) is 9.47. The van der Waals surface area contributed by atoms with Crippen molar-refractivity contribution in [2.45, 2.75) is 0 Å². The monoisotopic (exact) mass is 417 g/mol. The summed E-state index contributed by atoms with van der Waals surface area (Å²) in [7, 11) is 0. The van der Waals surface area contributed by atoms with Crippen molar-refractivity contribution < 1.29 is 13.9 Å². The van der Waals surface area contributed by atoms with E-state index >= 15 is 0 Å². The molecule has 3 aromatic rings. The van der Waals surface area contributed by atoms with Crippen LogP contribution >= 0.6 is 23.8 Å². The molecule has 1 amide bonds. The van der Waals surface area contributed by atoms with Gasteiger partial charge in [-0.3, -0.25) is 4.79 Å². The number of anilines is 2. The first-order chi connectivity index (χ1) is 13.6. The first-order valence-electron chi connectivity index (χ1n) is 8.22. The Morgan fingerprint density at radius 1 is 1.11 bits per heavy atom. The van der Waals surface area contributed by atoms with Crippen molar-refractivity contribution >= 4 is 46.1 Å². The lowest BCUT2D eigenvalue weighted by atomic mass is 10.2. The molecule has 3 rings (SSSR count). The fourth-order valence-electron chi connectivity index (χ4n) is 2.16. The van der Waals surface area contributed by atoms with E-state index in [1.165, 1.54) is 6.07 Å². The molecular formula is C18H16FN5O2S2. The lowest BCUT2D eigenvalue weighted by molar-refractivity contribution is 0.102. The number of hydrogen-bond donors (Lipinski definition) is 3. The Hall–Kier alpha value is -3.11. The zero-order valence-electron chi connectivity index (χ0n) is 14.5. The molecule has 7 nitrogen and oxygen atoms in total. The summed E-state index contributed by atoms with van der Waals surface area (Å²) >= 11 is 6.33. The molecular weight excluding hydrogens is 401 g/mol. The number of ether oxygens (including phenoxy) is 1. The molecule has 0 aliphatic heterocycles. The molecule has 0 unspecified atom stereocenters. The van der Waals surface area contributed by atoms with Gasteiger partial charge in [0, 0.05) is 16.8 Å². The molecule has 0 atom stereocenters. The highest BCUT2D eigenvalue weighted by Crippen LogP contribution is 2.15. The second-order valence-electron chi connectivity index (χ2n) is 5.48. The standard InChI is InChI=1S/C18H16FN5O2S2/c19-14-3-1-2-4-16(14)26-10-9-20-18(27)22-13-7-5-12(6-8-13)21-17(25)15-11-28-24-23-15/h1-8,11H,9-10H2,(H,21,25)(H2,20,22,27). The molecule has 10 heteroatoms. The van der Waals surface area contributed by atoms with Gasteiger partial charge in [-0.2, -0.15) is 0 Å². The van der Waals surface area contributed by atoms with Gasteiger partial charge in [-0.05, 0) is 60.1 Å². The highest BCUT2D eigenvalue weighted by atomic mass is 32.1. The van der Waals surface area contributed by atoms with E-state index in [0.717, 1.165) is 17.2 Å². The van der Waals surface area contributed by atoms with Gasteiger partial charge in [0.15, 0.2) is 22.4 Å². The second kappa shape index (κ2) is 9.72. The molecule has 3 N–H and O–H groups in total. The number of carbonyl (C=O) groups is 1. The maximum absolute atomic E-state index is 13.4. The number of thiocarbonyl (C=S) groups is 1. The summed E-state index contributed by atoms with van der Waals surface area (Å²) in [6.07, 6.45) is 0. The Bertz CT molecular complexity index is 935. The minimum atomic E-state index is -0.401. The van der Waals surface area contributed by atoms with Crippen molar-refractivity contribution in [2.24, 2.45) is 0 Å². The fourth-order valence-corrected chi connectivity index (χ4v) is 2.81. The number of nitrogens with zero attached hydrogens (tertiary/aromatic N) is 2. The van der Waals surface area contributed by atoms with Gasteiger partial charge >= 0.3 is 0 Å². The van der Waals surface area contributed by atoms with Crippen molar-refractivity contribution in [1.29, 1.82) is 0 Å². The Morgan fingerprint density at radius 2 is 1.82 bits per heavy atom. The van der Waals surface area contributed by atoms with Crippen LogP contribution < -0.4 is 20.7 Å². The number of para-hydroxylation sites is 1. The molecule has 2 aromatic carbocycles. The van der Waals surface area contributed by atoms with Gasteiger partial charge in [0.1, 0.15) is 6.61 Å². The van der Waals surface area contributed by atoms with Crippen LogP contribution in [0.4, 0.5) is 15.8 Å². The zero-order valence-corrected chi connectivity index (χ0v) is 16.1. The lowest BCUT2D eigenvalue weighted by Gasteiger charge is -2.12. The summed E-state index contributed by atoms with van der Waals surface area (Å²) < 4.78 is 22.4. The third kappa shape index (κ3) is 5.69. The van der Waals surface area contributed by atoms with Crippen LogP contribution in [-0.4, -0.2) is 33.8 Å². The third-order valence-corrected chi connectivity index (χ3v) is 4.23. The minimum absolute atomic E-state index is 0.203. The molecule has 0 aliphatic rings. The van der Waals surface area contributed by atoms with Crippen LogP contribution in [0.2, 0.25) is 0 Å². The van der Waals surface area contributed by atoms with E-state index in [1.807, 2.05) is 0 Å². The van der Waals surface area contributed by atoms with Crippen LogP contribution in [0.5, 0.6) is 5.75 Å². The topological polar surface area (TPSA) is 88.2 Å². The number of hydrogen-bond acceptors (Lipinski definition) is 6. The Labute approximate surface area is 170 Å². The largest absolute Gasteiger partial charge is 0.489 e. The maximum atomic E-state index is 13.4. The minimum Gasteiger partial charge on any atom is -0.489 e. The van der Waals surface area contributed by atoms with E-state index in [0.29, 0.717) is 17.3 Å². The number of amides is 1. The van der Waals surface area contributed by atoms with Crippen LogP contribution in [-0.2, 0) is 0 Å². The van der Waals surface area contributed by atoms with Crippen molar-refractivity contribution in [3.8, 4) is 5.75 Å². The fraction of sp³-hybridized carbons (Fsp3) is 0.111. The maximum Gasteiger partial charge on any atom is 0.277 e. The predicted octanol–water partition coefficient (Wildman–Crippen LogP) is 3.29. The SMILES string of the molecule is O=C(Nc1ccc(NC(=S)NCCOc2ccccc2F)cc1)c1csnn1. The highest BCUT2D eigenvalue weighted by Gasteiger charge is 2.09. The second-order valence-corrected chi connectivity index (χ2v) is 6.50. The van der Waals surface area contributed by atoms with Gasteiger partial charge in [0.25, 0.3) is 5.91 Å². The normalized spacial score (nSPS) is 10.2. The van der Waals surface area contributed by atoms with Crippen LogP contribution in [0.25, 0.3) is 0 Å². The van der Waals surface area contributed by atoms with Crippen molar-refractivity contribution in [3.63, 3.8) is 0 Å². The van der Waals surface area contributed by atoms with Gasteiger partial charge in [0.2, 0.25) is 0 Å². The molecule has 0 saturated heterocycles. The molecule has 0 saturated carbocycles. The third-order valence-electron chi connectivity index (χ3n) is 3.48. The molecule has 144 valence electrons. The number of carbonyl (C=O) groups excluding carboxylic acids is 1. The summed E-state index contributed by atoms with van der Waals surface area (Å²) in [5.74, 6) is -0.517. The van der Waals surface area contributed by atoms with Crippen LogP contribution in [0.1, 0.15) is 10.5 Å². The van der Waals surface area contributed by atoms with Gasteiger partial charge in [-0.25, -0.2) is 4.39 Å². The summed E-state index contributed by atoms with van der Waals surface area (Å²) in [5.41, 5.74) is 1.65. The predicted molar refractivity (Wildman–Crippen MR) is 110 cm³/mol. The molecule has 28 heavy (non-hydrogen) atoms. The first kappa shape index (κ1) is 19.6. The zero-order chi connectivity index (χ0) is 19.8. The van der Waals surface area contributed by atoms with E-state index < -0.39 is 5.82 Å². The lowest BCUT2D eigenvalue weighted by Crippen LogP contribution is -2.32. The quantitative estimate of drug-likeness (QED) is 0.402. The number of nitrogens with one attached hydrogen (secondary N) is 3. The van der Waals surface area contributed by atoms with E-state index in [4.69, 9.17) is 17.0 Å². The van der Waals surface area contributed by atoms with Crippen molar-refractivity contribution in [3.05, 3.63) is 65.4 Å². The van der Waals surface area contributed by atoms with Crippen LogP contribution in [0.3, 0.4) is 0 Å².